The van der Waals surface area contributed by atoms with Gasteiger partial charge in [0.2, 0.25) is 6.79 Å². The molecule has 0 saturated carbocycles. The lowest BCUT2D eigenvalue weighted by atomic mass is 9.88. The summed E-state index contributed by atoms with van der Waals surface area (Å²) in [5.41, 5.74) is 4.01. The van der Waals surface area contributed by atoms with Gasteiger partial charge in [-0.15, -0.1) is 0 Å². The van der Waals surface area contributed by atoms with E-state index in [-0.39, 0.29) is 0 Å². The molecular formula is C17H16BrNO2. The largest absolute Gasteiger partial charge is 0.454 e. The molecule has 0 spiro atoms. The lowest BCUT2D eigenvalue weighted by molar-refractivity contribution is 0.174. The van der Waals surface area contributed by atoms with Crippen molar-refractivity contribution in [2.75, 3.05) is 12.1 Å². The van der Waals surface area contributed by atoms with E-state index in [1.165, 1.54) is 15.6 Å². The smallest absolute Gasteiger partial charge is 0.231 e. The van der Waals surface area contributed by atoms with E-state index in [0.717, 1.165) is 36.4 Å². The normalized spacial score (nSPS) is 19.2. The second-order valence-electron chi connectivity index (χ2n) is 5.57. The van der Waals surface area contributed by atoms with Gasteiger partial charge in [0, 0.05) is 22.3 Å². The molecule has 108 valence electrons. The Kier molecular flexibility index (Phi) is 3.26. The van der Waals surface area contributed by atoms with E-state index in [0.29, 0.717) is 12.8 Å². The molecule has 0 fully saturated rings. The summed E-state index contributed by atoms with van der Waals surface area (Å²) >= 11 is 3.55. The van der Waals surface area contributed by atoms with Crippen molar-refractivity contribution in [1.29, 1.82) is 0 Å². The van der Waals surface area contributed by atoms with Crippen LogP contribution < -0.4 is 14.8 Å². The number of hydrogen-bond acceptors (Lipinski definition) is 3. The zero-order valence-electron chi connectivity index (χ0n) is 11.6. The van der Waals surface area contributed by atoms with Crippen LogP contribution in [0.1, 0.15) is 17.5 Å². The van der Waals surface area contributed by atoms with Crippen molar-refractivity contribution in [2.24, 2.45) is 0 Å². The highest BCUT2D eigenvalue weighted by Gasteiger charge is 2.20. The molecular weight excluding hydrogens is 330 g/mol. The molecule has 4 rings (SSSR count). The van der Waals surface area contributed by atoms with Crippen molar-refractivity contribution >= 4 is 21.6 Å². The van der Waals surface area contributed by atoms with E-state index in [2.05, 4.69) is 45.5 Å². The second kappa shape index (κ2) is 5.26. The van der Waals surface area contributed by atoms with Crippen LogP contribution in [0.15, 0.2) is 40.9 Å². The first kappa shape index (κ1) is 13.0. The van der Waals surface area contributed by atoms with Gasteiger partial charge in [0.1, 0.15) is 0 Å². The Morgan fingerprint density at radius 1 is 1.00 bits per heavy atom. The van der Waals surface area contributed by atoms with Crippen LogP contribution in [-0.2, 0) is 12.8 Å². The molecule has 3 nitrogen and oxygen atoms in total. The van der Waals surface area contributed by atoms with E-state index < -0.39 is 0 Å². The number of aryl methyl sites for hydroxylation is 1. The molecule has 4 heteroatoms. The van der Waals surface area contributed by atoms with Crippen LogP contribution in [-0.4, -0.2) is 12.8 Å². The van der Waals surface area contributed by atoms with E-state index in [1.54, 1.807) is 0 Å². The molecule has 21 heavy (non-hydrogen) atoms. The van der Waals surface area contributed by atoms with Crippen LogP contribution in [0.3, 0.4) is 0 Å². The highest BCUT2D eigenvalue weighted by Crippen LogP contribution is 2.35. The molecule has 2 aliphatic rings. The third-order valence-electron chi connectivity index (χ3n) is 4.14. The highest BCUT2D eigenvalue weighted by atomic mass is 79.9. The molecule has 1 atom stereocenters. The zero-order chi connectivity index (χ0) is 14.2. The second-order valence-corrected chi connectivity index (χ2v) is 6.48. The van der Waals surface area contributed by atoms with Gasteiger partial charge in [-0.1, -0.05) is 22.0 Å². The number of rotatable bonds is 2. The van der Waals surface area contributed by atoms with Crippen molar-refractivity contribution in [3.63, 3.8) is 0 Å². The molecule has 0 amide bonds. The van der Waals surface area contributed by atoms with Crippen molar-refractivity contribution in [1.82, 2.24) is 0 Å². The number of nitrogens with one attached hydrogen (secondary N) is 1. The average Bonchev–Trinajstić information content (AvgIpc) is 2.95. The molecule has 1 aliphatic heterocycles. The van der Waals surface area contributed by atoms with Gasteiger partial charge in [-0.25, -0.2) is 0 Å². The molecule has 2 aromatic carbocycles. The van der Waals surface area contributed by atoms with Crippen LogP contribution >= 0.6 is 15.9 Å². The summed E-state index contributed by atoms with van der Waals surface area (Å²) in [6, 6.07) is 13.1. The van der Waals surface area contributed by atoms with Gasteiger partial charge in [0.05, 0.1) is 0 Å². The Labute approximate surface area is 132 Å². The van der Waals surface area contributed by atoms with Gasteiger partial charge in [-0.2, -0.15) is 0 Å². The SMILES string of the molecule is Brc1ccc2c(c1)CCC(Nc1ccc3c(c1)OCO3)C2. The van der Waals surface area contributed by atoms with Crippen LogP contribution in [0.4, 0.5) is 5.69 Å². The van der Waals surface area contributed by atoms with Gasteiger partial charge in [0.25, 0.3) is 0 Å². The van der Waals surface area contributed by atoms with Crippen molar-refractivity contribution in [3.05, 3.63) is 52.0 Å². The minimum absolute atomic E-state index is 0.324. The van der Waals surface area contributed by atoms with Crippen LogP contribution in [0.2, 0.25) is 0 Å². The van der Waals surface area contributed by atoms with Crippen molar-refractivity contribution < 1.29 is 9.47 Å². The Morgan fingerprint density at radius 2 is 1.90 bits per heavy atom. The number of hydrogen-bond donors (Lipinski definition) is 1. The van der Waals surface area contributed by atoms with Gasteiger partial charge in [0.15, 0.2) is 11.5 Å². The third kappa shape index (κ3) is 2.60. The first-order chi connectivity index (χ1) is 10.3. The molecule has 0 radical (unpaired) electrons. The molecule has 1 heterocycles. The summed E-state index contributed by atoms with van der Waals surface area (Å²) in [6.45, 7) is 0.324. The lowest BCUT2D eigenvalue weighted by Crippen LogP contribution is -2.27. The molecule has 1 unspecified atom stereocenters. The van der Waals surface area contributed by atoms with Crippen molar-refractivity contribution in [3.8, 4) is 11.5 Å². The van der Waals surface area contributed by atoms with Crippen LogP contribution in [0, 0.1) is 0 Å². The van der Waals surface area contributed by atoms with Gasteiger partial charge in [-0.05, 0) is 54.7 Å². The van der Waals surface area contributed by atoms with E-state index in [1.807, 2.05) is 12.1 Å². The standard InChI is InChI=1S/C17H16BrNO2/c18-13-3-1-12-8-14(4-2-11(12)7-13)19-15-5-6-16-17(9-15)21-10-20-16/h1,3,5-7,9,14,19H,2,4,8,10H2. The van der Waals surface area contributed by atoms with Crippen LogP contribution in [0.25, 0.3) is 0 Å². The topological polar surface area (TPSA) is 30.5 Å². The number of anilines is 1. The Morgan fingerprint density at radius 3 is 2.86 bits per heavy atom. The minimum atomic E-state index is 0.324. The summed E-state index contributed by atoms with van der Waals surface area (Å²) in [5, 5.41) is 3.62. The lowest BCUT2D eigenvalue weighted by Gasteiger charge is -2.26. The summed E-state index contributed by atoms with van der Waals surface area (Å²) in [6.07, 6.45) is 3.34. The molecule has 0 saturated heterocycles. The Hall–Kier alpha value is -1.68. The predicted octanol–water partition coefficient (Wildman–Crippen LogP) is 4.15. The molecule has 0 aromatic heterocycles. The molecule has 1 aliphatic carbocycles. The number of ether oxygens (including phenoxy) is 2. The fourth-order valence-corrected chi connectivity index (χ4v) is 3.48. The minimum Gasteiger partial charge on any atom is -0.454 e. The first-order valence-corrected chi connectivity index (χ1v) is 8.01. The van der Waals surface area contributed by atoms with Gasteiger partial charge >= 0.3 is 0 Å². The number of fused-ring (bicyclic) bond motifs is 2. The fraction of sp³-hybridized carbons (Fsp3) is 0.294. The maximum absolute atomic E-state index is 5.43. The average molecular weight is 346 g/mol. The number of halogens is 1. The monoisotopic (exact) mass is 345 g/mol. The highest BCUT2D eigenvalue weighted by molar-refractivity contribution is 9.10. The zero-order valence-corrected chi connectivity index (χ0v) is 13.2. The Balaban J connectivity index is 1.50. The summed E-state index contributed by atoms with van der Waals surface area (Å²) in [7, 11) is 0. The fourth-order valence-electron chi connectivity index (χ4n) is 3.07. The van der Waals surface area contributed by atoms with Crippen LogP contribution in [0.5, 0.6) is 11.5 Å². The quantitative estimate of drug-likeness (QED) is 0.886. The summed E-state index contributed by atoms with van der Waals surface area (Å²) in [5.74, 6) is 1.67. The van der Waals surface area contributed by atoms with E-state index in [9.17, 15) is 0 Å². The van der Waals surface area contributed by atoms with E-state index in [4.69, 9.17) is 9.47 Å². The van der Waals surface area contributed by atoms with Gasteiger partial charge in [-0.3, -0.25) is 0 Å². The molecule has 0 bridgehead atoms. The number of benzene rings is 2. The molecule has 1 N–H and O–H groups in total. The maximum atomic E-state index is 5.43. The third-order valence-corrected chi connectivity index (χ3v) is 4.63. The predicted molar refractivity (Wildman–Crippen MR) is 86.1 cm³/mol. The van der Waals surface area contributed by atoms with E-state index >= 15 is 0 Å². The first-order valence-electron chi connectivity index (χ1n) is 7.21. The summed E-state index contributed by atoms with van der Waals surface area (Å²) < 4.78 is 11.9. The van der Waals surface area contributed by atoms with Crippen molar-refractivity contribution in [2.45, 2.75) is 25.3 Å². The summed E-state index contributed by atoms with van der Waals surface area (Å²) in [4.78, 5) is 0. The van der Waals surface area contributed by atoms with Gasteiger partial charge < -0.3 is 14.8 Å². The maximum Gasteiger partial charge on any atom is 0.231 e. The Bertz CT molecular complexity index is 686. The molecule has 2 aromatic rings.